The average molecular weight is 311 g/mol. The first-order valence-electron chi connectivity index (χ1n) is 7.10. The lowest BCUT2D eigenvalue weighted by Gasteiger charge is -2.24. The van der Waals surface area contributed by atoms with Crippen LogP contribution in [0.25, 0.3) is 0 Å². The molecule has 1 aliphatic carbocycles. The summed E-state index contributed by atoms with van der Waals surface area (Å²) in [5.41, 5.74) is 0.343. The third-order valence-corrected chi connectivity index (χ3v) is 5.66. The van der Waals surface area contributed by atoms with Crippen LogP contribution < -0.4 is 0 Å². The van der Waals surface area contributed by atoms with E-state index in [4.69, 9.17) is 5.11 Å². The highest BCUT2D eigenvalue weighted by Crippen LogP contribution is 2.34. The maximum Gasteiger partial charge on any atom is 0.335 e. The summed E-state index contributed by atoms with van der Waals surface area (Å²) in [6.07, 6.45) is 1.76. The van der Waals surface area contributed by atoms with Gasteiger partial charge in [-0.2, -0.15) is 4.31 Å². The van der Waals surface area contributed by atoms with Crippen LogP contribution in [0, 0.1) is 12.8 Å². The van der Waals surface area contributed by atoms with Crippen LogP contribution in [0.15, 0.2) is 23.1 Å². The van der Waals surface area contributed by atoms with Gasteiger partial charge >= 0.3 is 5.97 Å². The molecule has 0 heterocycles. The van der Waals surface area contributed by atoms with Gasteiger partial charge in [0.05, 0.1) is 10.5 Å². The van der Waals surface area contributed by atoms with Gasteiger partial charge < -0.3 is 5.11 Å². The molecule has 1 N–H and O–H groups in total. The van der Waals surface area contributed by atoms with Gasteiger partial charge in [0.25, 0.3) is 0 Å². The molecule has 1 aromatic carbocycles. The Labute approximate surface area is 125 Å². The molecule has 0 amide bonds. The summed E-state index contributed by atoms with van der Waals surface area (Å²) in [5, 5.41) is 9.15. The quantitative estimate of drug-likeness (QED) is 0.876. The van der Waals surface area contributed by atoms with Crippen LogP contribution in [0.3, 0.4) is 0 Å². The standard InChI is InChI=1S/C15H21NO4S/c1-10(2)9-16(12-7-8-12)21(19,20)14-6-4-5-13(11(14)3)15(17)18/h4-6,10,12H,7-9H2,1-3H3,(H,17,18). The van der Waals surface area contributed by atoms with Crippen molar-refractivity contribution in [2.24, 2.45) is 5.92 Å². The number of rotatable bonds is 6. The average Bonchev–Trinajstić information content (AvgIpc) is 3.19. The van der Waals surface area contributed by atoms with E-state index in [1.54, 1.807) is 6.92 Å². The number of hydrogen-bond donors (Lipinski definition) is 1. The highest BCUT2D eigenvalue weighted by atomic mass is 32.2. The molecule has 0 unspecified atom stereocenters. The summed E-state index contributed by atoms with van der Waals surface area (Å²) in [6.45, 7) is 5.97. The molecule has 0 aromatic heterocycles. The lowest BCUT2D eigenvalue weighted by molar-refractivity contribution is 0.0696. The summed E-state index contributed by atoms with van der Waals surface area (Å²) in [4.78, 5) is 11.3. The molecular weight excluding hydrogens is 290 g/mol. The minimum atomic E-state index is -3.65. The second-order valence-corrected chi connectivity index (χ2v) is 7.79. The number of carboxylic acids is 1. The number of carbonyl (C=O) groups is 1. The van der Waals surface area contributed by atoms with E-state index in [0.717, 1.165) is 12.8 Å². The van der Waals surface area contributed by atoms with Crippen molar-refractivity contribution in [1.29, 1.82) is 0 Å². The van der Waals surface area contributed by atoms with Crippen molar-refractivity contribution < 1.29 is 18.3 Å². The fourth-order valence-electron chi connectivity index (χ4n) is 2.42. The van der Waals surface area contributed by atoms with Gasteiger partial charge in [-0.25, -0.2) is 13.2 Å². The van der Waals surface area contributed by atoms with Crippen molar-refractivity contribution in [1.82, 2.24) is 4.31 Å². The lowest BCUT2D eigenvalue weighted by Crippen LogP contribution is -2.36. The zero-order valence-corrected chi connectivity index (χ0v) is 13.4. The van der Waals surface area contributed by atoms with E-state index in [1.165, 1.54) is 22.5 Å². The summed E-state index contributed by atoms with van der Waals surface area (Å²) < 4.78 is 27.3. The highest BCUT2D eigenvalue weighted by molar-refractivity contribution is 7.89. The van der Waals surface area contributed by atoms with Crippen LogP contribution in [-0.2, 0) is 10.0 Å². The smallest absolute Gasteiger partial charge is 0.335 e. The van der Waals surface area contributed by atoms with E-state index >= 15 is 0 Å². The molecule has 6 heteroatoms. The highest BCUT2D eigenvalue weighted by Gasteiger charge is 2.39. The van der Waals surface area contributed by atoms with Gasteiger partial charge in [0.15, 0.2) is 0 Å². The van der Waals surface area contributed by atoms with E-state index < -0.39 is 16.0 Å². The first-order valence-corrected chi connectivity index (χ1v) is 8.54. The number of nitrogens with zero attached hydrogens (tertiary/aromatic N) is 1. The van der Waals surface area contributed by atoms with Crippen LogP contribution in [0.4, 0.5) is 0 Å². The molecule has 5 nitrogen and oxygen atoms in total. The molecule has 0 radical (unpaired) electrons. The molecule has 2 rings (SSSR count). The predicted octanol–water partition coefficient (Wildman–Crippen LogP) is 2.50. The van der Waals surface area contributed by atoms with Crippen LogP contribution in [0.1, 0.15) is 42.6 Å². The van der Waals surface area contributed by atoms with Gasteiger partial charge in [-0.05, 0) is 43.4 Å². The molecule has 0 aliphatic heterocycles. The largest absolute Gasteiger partial charge is 0.478 e. The molecule has 116 valence electrons. The van der Waals surface area contributed by atoms with Crippen molar-refractivity contribution in [2.75, 3.05) is 6.54 Å². The SMILES string of the molecule is Cc1c(C(=O)O)cccc1S(=O)(=O)N(CC(C)C)C1CC1. The Morgan fingerprint density at radius 2 is 2.00 bits per heavy atom. The van der Waals surface area contributed by atoms with Gasteiger partial charge in [0.2, 0.25) is 10.0 Å². The Morgan fingerprint density at radius 1 is 1.38 bits per heavy atom. The van der Waals surface area contributed by atoms with Crippen LogP contribution in [0.5, 0.6) is 0 Å². The Hall–Kier alpha value is -1.40. The molecule has 0 atom stereocenters. The van der Waals surface area contributed by atoms with E-state index in [9.17, 15) is 13.2 Å². The van der Waals surface area contributed by atoms with Gasteiger partial charge in [-0.15, -0.1) is 0 Å². The fraction of sp³-hybridized carbons (Fsp3) is 0.533. The summed E-state index contributed by atoms with van der Waals surface area (Å²) in [5.74, 6) is -0.880. The van der Waals surface area contributed by atoms with Gasteiger partial charge in [-0.3, -0.25) is 0 Å². The molecule has 0 bridgehead atoms. The number of carboxylic acid groups (broad SMARTS) is 1. The number of benzene rings is 1. The minimum Gasteiger partial charge on any atom is -0.478 e. The maximum absolute atomic E-state index is 12.9. The third-order valence-electron chi connectivity index (χ3n) is 3.60. The first-order chi connectivity index (χ1) is 9.75. The number of aromatic carboxylic acids is 1. The van der Waals surface area contributed by atoms with E-state index in [1.807, 2.05) is 13.8 Å². The number of hydrogen-bond acceptors (Lipinski definition) is 3. The molecule has 21 heavy (non-hydrogen) atoms. The fourth-order valence-corrected chi connectivity index (χ4v) is 4.52. The Kier molecular flexibility index (Phi) is 4.39. The molecular formula is C15H21NO4S. The zero-order chi connectivity index (χ0) is 15.8. The maximum atomic E-state index is 12.9. The second-order valence-electron chi connectivity index (χ2n) is 5.93. The number of sulfonamides is 1. The first kappa shape index (κ1) is 16.0. The zero-order valence-electron chi connectivity index (χ0n) is 12.5. The molecule has 1 aliphatic rings. The predicted molar refractivity (Wildman–Crippen MR) is 79.9 cm³/mol. The van der Waals surface area contributed by atoms with E-state index in [2.05, 4.69) is 0 Å². The minimum absolute atomic E-state index is 0.0383. The summed E-state index contributed by atoms with van der Waals surface area (Å²) in [7, 11) is -3.65. The molecule has 0 spiro atoms. The third kappa shape index (κ3) is 3.27. The Bertz CT molecular complexity index is 648. The van der Waals surface area contributed by atoms with Gasteiger partial charge in [0, 0.05) is 12.6 Å². The van der Waals surface area contributed by atoms with E-state index in [0.29, 0.717) is 12.1 Å². The van der Waals surface area contributed by atoms with Crippen molar-refractivity contribution in [3.05, 3.63) is 29.3 Å². The monoisotopic (exact) mass is 311 g/mol. The van der Waals surface area contributed by atoms with Gasteiger partial charge in [-0.1, -0.05) is 19.9 Å². The lowest BCUT2D eigenvalue weighted by atomic mass is 10.1. The van der Waals surface area contributed by atoms with Gasteiger partial charge in [0.1, 0.15) is 0 Å². The van der Waals surface area contributed by atoms with Crippen LogP contribution in [0.2, 0.25) is 0 Å². The van der Waals surface area contributed by atoms with Crippen LogP contribution in [-0.4, -0.2) is 36.4 Å². The molecule has 0 saturated heterocycles. The van der Waals surface area contributed by atoms with Crippen molar-refractivity contribution in [3.8, 4) is 0 Å². The Balaban J connectivity index is 2.47. The normalized spacial score (nSPS) is 15.7. The van der Waals surface area contributed by atoms with Crippen molar-refractivity contribution >= 4 is 16.0 Å². The van der Waals surface area contributed by atoms with Crippen molar-refractivity contribution in [2.45, 2.75) is 44.6 Å². The second kappa shape index (κ2) is 5.77. The Morgan fingerprint density at radius 3 is 2.48 bits per heavy atom. The van der Waals surface area contributed by atoms with E-state index in [-0.39, 0.29) is 22.4 Å². The molecule has 1 aromatic rings. The van der Waals surface area contributed by atoms with Crippen LogP contribution >= 0.6 is 0 Å². The summed E-state index contributed by atoms with van der Waals surface area (Å²) in [6, 6.07) is 4.47. The van der Waals surface area contributed by atoms with Crippen molar-refractivity contribution in [3.63, 3.8) is 0 Å². The topological polar surface area (TPSA) is 74.7 Å². The summed E-state index contributed by atoms with van der Waals surface area (Å²) >= 11 is 0. The molecule has 1 saturated carbocycles. The molecule has 1 fully saturated rings.